The first-order valence-corrected chi connectivity index (χ1v) is 11.9. The van der Waals surface area contributed by atoms with Gasteiger partial charge in [0.2, 0.25) is 0 Å². The van der Waals surface area contributed by atoms with Crippen LogP contribution in [0.1, 0.15) is 51.4 Å². The number of H-pyrrole nitrogens is 1. The Kier molecular flexibility index (Phi) is 4.80. The fraction of sp³-hybridized carbons (Fsp3) is 0.400. The van der Waals surface area contributed by atoms with E-state index in [1.807, 2.05) is 21.9 Å². The maximum Gasteiger partial charge on any atom is 0.259 e. The smallest absolute Gasteiger partial charge is 0.259 e. The molecule has 0 aliphatic carbocycles. The predicted octanol–water partition coefficient (Wildman–Crippen LogP) is 2.55. The molecule has 0 saturated carbocycles. The third-order valence-electron chi connectivity index (χ3n) is 7.69. The highest BCUT2D eigenvalue weighted by Crippen LogP contribution is 2.41. The second-order valence-electron chi connectivity index (χ2n) is 9.76. The van der Waals surface area contributed by atoms with Gasteiger partial charge in [-0.05, 0) is 50.7 Å². The number of carbonyl (C=O) groups excluding carboxylic acids is 2. The number of rotatable bonds is 2. The van der Waals surface area contributed by atoms with Gasteiger partial charge in [0, 0.05) is 26.2 Å². The van der Waals surface area contributed by atoms with Crippen LogP contribution in [0.4, 0.5) is 0 Å². The van der Waals surface area contributed by atoms with Crippen molar-refractivity contribution in [2.45, 2.75) is 33.1 Å². The summed E-state index contributed by atoms with van der Waals surface area (Å²) in [4.78, 5) is 45.6. The van der Waals surface area contributed by atoms with E-state index in [4.69, 9.17) is 4.52 Å². The third kappa shape index (κ3) is 3.35. The second kappa shape index (κ2) is 7.79. The van der Waals surface area contributed by atoms with E-state index in [0.717, 1.165) is 19.3 Å². The Morgan fingerprint density at radius 3 is 2.46 bits per heavy atom. The van der Waals surface area contributed by atoms with Gasteiger partial charge in [0.25, 0.3) is 17.4 Å². The number of likely N-dealkylation sites (tertiary alicyclic amines) is 2. The molecule has 5 heterocycles. The predicted molar refractivity (Wildman–Crippen MR) is 127 cm³/mol. The number of aryl methyl sites for hydroxylation is 2. The van der Waals surface area contributed by atoms with Gasteiger partial charge >= 0.3 is 0 Å². The van der Waals surface area contributed by atoms with Crippen molar-refractivity contribution in [3.8, 4) is 0 Å². The summed E-state index contributed by atoms with van der Waals surface area (Å²) in [6.45, 7) is 6.10. The van der Waals surface area contributed by atoms with Crippen molar-refractivity contribution < 1.29 is 14.1 Å². The molecule has 0 bridgehead atoms. The van der Waals surface area contributed by atoms with Crippen LogP contribution in [-0.4, -0.2) is 67.5 Å². The first-order chi connectivity index (χ1) is 16.9. The number of piperidine rings is 1. The van der Waals surface area contributed by atoms with Crippen molar-refractivity contribution in [3.63, 3.8) is 0 Å². The maximum atomic E-state index is 13.5. The van der Waals surface area contributed by atoms with Crippen LogP contribution in [0.3, 0.4) is 0 Å². The molecule has 1 spiro atoms. The zero-order valence-corrected chi connectivity index (χ0v) is 19.7. The Hall–Kier alpha value is -3.95. The Balaban J connectivity index is 1.19. The average Bonchev–Trinajstić information content (AvgIpc) is 3.56. The quantitative estimate of drug-likeness (QED) is 0.477. The minimum absolute atomic E-state index is 0.00571. The van der Waals surface area contributed by atoms with Crippen LogP contribution in [0.2, 0.25) is 0 Å². The molecule has 0 radical (unpaired) electrons. The summed E-state index contributed by atoms with van der Waals surface area (Å²) in [5.74, 6) is 0.381. The molecule has 180 valence electrons. The fourth-order valence-corrected chi connectivity index (χ4v) is 5.65. The summed E-state index contributed by atoms with van der Waals surface area (Å²) in [5.41, 5.74) is 2.40. The van der Waals surface area contributed by atoms with Gasteiger partial charge in [0.05, 0.1) is 22.8 Å². The fourth-order valence-electron chi connectivity index (χ4n) is 5.65. The number of carbonyl (C=O) groups is 2. The van der Waals surface area contributed by atoms with Crippen molar-refractivity contribution in [3.05, 3.63) is 63.4 Å². The van der Waals surface area contributed by atoms with Crippen molar-refractivity contribution in [2.24, 2.45) is 5.41 Å². The molecule has 2 amide bonds. The van der Waals surface area contributed by atoms with Crippen LogP contribution in [0, 0.1) is 19.3 Å². The number of para-hydroxylation sites is 1. The standard InChI is InChI=1S/C25H26N6O4/c1-15-20(16(2)35-28-15)24(34)29-10-7-25(8-11-29)9-12-30(14-25)23(33)18-13-26-31-19-6-4-3-5-17(19)22(32)27-21(18)31/h3-6,13H,7-12,14H2,1-2H3,(H,27,32). The molecule has 10 heteroatoms. The number of nitrogens with zero attached hydrogens (tertiary/aromatic N) is 5. The highest BCUT2D eigenvalue weighted by molar-refractivity contribution is 6.01. The lowest BCUT2D eigenvalue weighted by Crippen LogP contribution is -2.45. The Morgan fingerprint density at radius 2 is 1.74 bits per heavy atom. The lowest BCUT2D eigenvalue weighted by atomic mass is 9.77. The van der Waals surface area contributed by atoms with E-state index in [1.165, 1.54) is 6.20 Å². The molecular weight excluding hydrogens is 448 g/mol. The molecule has 1 aromatic carbocycles. The minimum Gasteiger partial charge on any atom is -0.361 e. The lowest BCUT2D eigenvalue weighted by molar-refractivity contribution is 0.0564. The summed E-state index contributed by atoms with van der Waals surface area (Å²) in [6, 6.07) is 7.21. The molecule has 10 nitrogen and oxygen atoms in total. The summed E-state index contributed by atoms with van der Waals surface area (Å²) >= 11 is 0. The third-order valence-corrected chi connectivity index (χ3v) is 7.69. The maximum absolute atomic E-state index is 13.5. The molecule has 35 heavy (non-hydrogen) atoms. The van der Waals surface area contributed by atoms with Crippen LogP contribution in [0.5, 0.6) is 0 Å². The van der Waals surface area contributed by atoms with Crippen molar-refractivity contribution in [1.82, 2.24) is 29.6 Å². The van der Waals surface area contributed by atoms with E-state index in [-0.39, 0.29) is 22.8 Å². The highest BCUT2D eigenvalue weighted by Gasteiger charge is 2.43. The number of fused-ring (bicyclic) bond motifs is 3. The lowest BCUT2D eigenvalue weighted by Gasteiger charge is -2.39. The molecule has 2 aliphatic rings. The van der Waals surface area contributed by atoms with Crippen LogP contribution < -0.4 is 5.56 Å². The van der Waals surface area contributed by atoms with E-state index < -0.39 is 0 Å². The minimum atomic E-state index is -0.240. The zero-order valence-electron chi connectivity index (χ0n) is 19.7. The van der Waals surface area contributed by atoms with E-state index in [1.54, 1.807) is 30.5 Å². The number of amides is 2. The number of aromatic nitrogens is 4. The summed E-state index contributed by atoms with van der Waals surface area (Å²) < 4.78 is 6.79. The zero-order chi connectivity index (χ0) is 24.3. The van der Waals surface area contributed by atoms with Gasteiger partial charge in [-0.3, -0.25) is 14.4 Å². The number of hydrogen-bond acceptors (Lipinski definition) is 6. The molecule has 3 aromatic heterocycles. The molecule has 2 fully saturated rings. The molecule has 4 aromatic rings. The van der Waals surface area contributed by atoms with Crippen LogP contribution >= 0.6 is 0 Å². The first-order valence-electron chi connectivity index (χ1n) is 11.9. The molecule has 2 aliphatic heterocycles. The van der Waals surface area contributed by atoms with Crippen molar-refractivity contribution >= 4 is 28.4 Å². The molecule has 1 N–H and O–H groups in total. The van der Waals surface area contributed by atoms with Crippen molar-refractivity contribution in [2.75, 3.05) is 26.2 Å². The summed E-state index contributed by atoms with van der Waals surface area (Å²) in [6.07, 6.45) is 4.10. The molecule has 0 atom stereocenters. The SMILES string of the molecule is Cc1noc(C)c1C(=O)N1CCC2(CC1)CCN(C(=O)c1cnn3c1[nH]c(=O)c1ccccc13)C2. The molecule has 0 unspecified atom stereocenters. The average molecular weight is 475 g/mol. The van der Waals surface area contributed by atoms with Gasteiger partial charge in [0.1, 0.15) is 22.5 Å². The molecular formula is C25H26N6O4. The Labute approximate surface area is 200 Å². The van der Waals surface area contributed by atoms with E-state index in [0.29, 0.717) is 65.3 Å². The van der Waals surface area contributed by atoms with Gasteiger partial charge in [-0.2, -0.15) is 5.10 Å². The van der Waals surface area contributed by atoms with E-state index in [2.05, 4.69) is 15.2 Å². The van der Waals surface area contributed by atoms with Crippen LogP contribution in [0.15, 0.2) is 39.8 Å². The van der Waals surface area contributed by atoms with Crippen LogP contribution in [0.25, 0.3) is 16.6 Å². The summed E-state index contributed by atoms with van der Waals surface area (Å²) in [7, 11) is 0. The number of aromatic amines is 1. The van der Waals surface area contributed by atoms with Gasteiger partial charge in [-0.15, -0.1) is 0 Å². The largest absolute Gasteiger partial charge is 0.361 e. The monoisotopic (exact) mass is 474 g/mol. The summed E-state index contributed by atoms with van der Waals surface area (Å²) in [5, 5.41) is 8.83. The first kappa shape index (κ1) is 21.6. The Morgan fingerprint density at radius 1 is 1.03 bits per heavy atom. The van der Waals surface area contributed by atoms with Gasteiger partial charge in [0.15, 0.2) is 0 Å². The molecule has 6 rings (SSSR count). The van der Waals surface area contributed by atoms with Crippen LogP contribution in [-0.2, 0) is 0 Å². The number of nitrogens with one attached hydrogen (secondary N) is 1. The topological polar surface area (TPSA) is 117 Å². The number of hydrogen-bond donors (Lipinski definition) is 1. The Bertz CT molecular complexity index is 1520. The van der Waals surface area contributed by atoms with E-state index >= 15 is 0 Å². The van der Waals surface area contributed by atoms with Gasteiger partial charge in [-0.1, -0.05) is 17.3 Å². The molecule has 2 saturated heterocycles. The number of benzene rings is 1. The van der Waals surface area contributed by atoms with Gasteiger partial charge < -0.3 is 19.3 Å². The van der Waals surface area contributed by atoms with E-state index in [9.17, 15) is 14.4 Å². The van der Waals surface area contributed by atoms with Crippen molar-refractivity contribution in [1.29, 1.82) is 0 Å². The highest BCUT2D eigenvalue weighted by atomic mass is 16.5. The second-order valence-corrected chi connectivity index (χ2v) is 9.76. The van der Waals surface area contributed by atoms with Gasteiger partial charge in [-0.25, -0.2) is 4.52 Å². The normalized spacial score (nSPS) is 17.7.